The minimum atomic E-state index is -0.548. The van der Waals surface area contributed by atoms with Crippen molar-refractivity contribution in [2.24, 2.45) is 0 Å². The van der Waals surface area contributed by atoms with Gasteiger partial charge in [0.1, 0.15) is 5.75 Å². The van der Waals surface area contributed by atoms with Gasteiger partial charge in [0.2, 0.25) is 0 Å². The van der Waals surface area contributed by atoms with Crippen LogP contribution >= 0.6 is 0 Å². The van der Waals surface area contributed by atoms with Crippen molar-refractivity contribution in [1.29, 1.82) is 0 Å². The van der Waals surface area contributed by atoms with E-state index in [4.69, 9.17) is 14.2 Å². The minimum Gasteiger partial charge on any atom is -0.493 e. The van der Waals surface area contributed by atoms with E-state index in [0.717, 1.165) is 59.6 Å². The molecule has 1 aromatic rings. The van der Waals surface area contributed by atoms with Gasteiger partial charge in [-0.15, -0.1) is 0 Å². The molecule has 0 aromatic heterocycles. The predicted molar refractivity (Wildman–Crippen MR) is 71.3 cm³/mol. The quantitative estimate of drug-likeness (QED) is 0.891. The molecule has 1 N–H and O–H groups in total. The molecule has 2 aliphatic rings. The topological polar surface area (TPSA) is 47.9 Å². The summed E-state index contributed by atoms with van der Waals surface area (Å²) in [7, 11) is 1.67. The zero-order chi connectivity index (χ0) is 13.4. The van der Waals surface area contributed by atoms with Gasteiger partial charge in [0, 0.05) is 16.7 Å². The van der Waals surface area contributed by atoms with Crippen molar-refractivity contribution in [3.05, 3.63) is 16.7 Å². The molecular weight excluding hydrogens is 244 g/mol. The molecule has 0 saturated heterocycles. The SMILES string of the molecule is COc1c2c(c(C(C)O)c3c1OCCC3)OCCC2. The first-order chi connectivity index (χ1) is 9.24. The fourth-order valence-electron chi connectivity index (χ4n) is 3.10. The Morgan fingerprint density at radius 1 is 1.05 bits per heavy atom. The summed E-state index contributed by atoms with van der Waals surface area (Å²) in [6.45, 7) is 3.20. The Hall–Kier alpha value is -1.42. The summed E-state index contributed by atoms with van der Waals surface area (Å²) in [5, 5.41) is 10.1. The molecule has 1 aromatic carbocycles. The van der Waals surface area contributed by atoms with E-state index in [9.17, 15) is 5.11 Å². The van der Waals surface area contributed by atoms with Crippen LogP contribution in [0, 0.1) is 0 Å². The Morgan fingerprint density at radius 2 is 1.68 bits per heavy atom. The minimum absolute atomic E-state index is 0.548. The number of hydrogen-bond acceptors (Lipinski definition) is 4. The first-order valence-corrected chi connectivity index (χ1v) is 6.93. The van der Waals surface area contributed by atoms with E-state index < -0.39 is 6.10 Å². The second-order valence-electron chi connectivity index (χ2n) is 5.14. The summed E-state index contributed by atoms with van der Waals surface area (Å²) >= 11 is 0. The Bertz CT molecular complexity index is 456. The van der Waals surface area contributed by atoms with Gasteiger partial charge in [0.05, 0.1) is 26.4 Å². The lowest BCUT2D eigenvalue weighted by Gasteiger charge is -2.30. The van der Waals surface area contributed by atoms with Crippen LogP contribution < -0.4 is 14.2 Å². The first-order valence-electron chi connectivity index (χ1n) is 6.93. The first kappa shape index (κ1) is 12.6. The average Bonchev–Trinajstić information content (AvgIpc) is 2.44. The maximum atomic E-state index is 10.1. The van der Waals surface area contributed by atoms with Crippen molar-refractivity contribution in [3.63, 3.8) is 0 Å². The number of fused-ring (bicyclic) bond motifs is 2. The monoisotopic (exact) mass is 264 g/mol. The molecule has 0 radical (unpaired) electrons. The highest BCUT2D eigenvalue weighted by Crippen LogP contribution is 2.49. The lowest BCUT2D eigenvalue weighted by atomic mass is 9.90. The third-order valence-electron chi connectivity index (χ3n) is 3.86. The third kappa shape index (κ3) is 1.94. The third-order valence-corrected chi connectivity index (χ3v) is 3.86. The molecule has 4 heteroatoms. The smallest absolute Gasteiger partial charge is 0.167 e. The molecule has 1 atom stereocenters. The Kier molecular flexibility index (Phi) is 3.27. The highest BCUT2D eigenvalue weighted by molar-refractivity contribution is 5.64. The van der Waals surface area contributed by atoms with Gasteiger partial charge in [-0.2, -0.15) is 0 Å². The van der Waals surface area contributed by atoms with Crippen molar-refractivity contribution in [2.45, 2.75) is 38.7 Å². The molecule has 3 rings (SSSR count). The van der Waals surface area contributed by atoms with Gasteiger partial charge < -0.3 is 19.3 Å². The van der Waals surface area contributed by atoms with Crippen LogP contribution in [0.4, 0.5) is 0 Å². The molecule has 1 unspecified atom stereocenters. The highest BCUT2D eigenvalue weighted by atomic mass is 16.5. The molecule has 0 amide bonds. The summed E-state index contributed by atoms with van der Waals surface area (Å²) in [6.07, 6.45) is 3.21. The lowest BCUT2D eigenvalue weighted by molar-refractivity contribution is 0.181. The van der Waals surface area contributed by atoms with Crippen LogP contribution in [0.25, 0.3) is 0 Å². The van der Waals surface area contributed by atoms with Crippen LogP contribution in [-0.2, 0) is 12.8 Å². The molecule has 0 fully saturated rings. The number of rotatable bonds is 2. The Labute approximate surface area is 113 Å². The Balaban J connectivity index is 2.28. The maximum Gasteiger partial charge on any atom is 0.167 e. The largest absolute Gasteiger partial charge is 0.493 e. The maximum absolute atomic E-state index is 10.1. The summed E-state index contributed by atoms with van der Waals surface area (Å²) < 4.78 is 17.2. The fraction of sp³-hybridized carbons (Fsp3) is 0.600. The zero-order valence-electron chi connectivity index (χ0n) is 11.5. The van der Waals surface area contributed by atoms with E-state index in [0.29, 0.717) is 13.2 Å². The van der Waals surface area contributed by atoms with Gasteiger partial charge >= 0.3 is 0 Å². The van der Waals surface area contributed by atoms with E-state index in [-0.39, 0.29) is 0 Å². The lowest BCUT2D eigenvalue weighted by Crippen LogP contribution is -2.19. The fourth-order valence-corrected chi connectivity index (χ4v) is 3.10. The molecule has 104 valence electrons. The van der Waals surface area contributed by atoms with Crippen LogP contribution in [0.1, 0.15) is 42.6 Å². The van der Waals surface area contributed by atoms with Crippen LogP contribution in [0.5, 0.6) is 17.2 Å². The molecule has 19 heavy (non-hydrogen) atoms. The highest BCUT2D eigenvalue weighted by Gasteiger charge is 2.31. The van der Waals surface area contributed by atoms with E-state index in [1.165, 1.54) is 0 Å². The molecule has 2 heterocycles. The molecule has 0 spiro atoms. The van der Waals surface area contributed by atoms with E-state index in [1.807, 2.05) is 0 Å². The van der Waals surface area contributed by atoms with Crippen molar-refractivity contribution < 1.29 is 19.3 Å². The van der Waals surface area contributed by atoms with Crippen molar-refractivity contribution in [2.75, 3.05) is 20.3 Å². The molecule has 0 saturated carbocycles. The van der Waals surface area contributed by atoms with Crippen molar-refractivity contribution in [1.82, 2.24) is 0 Å². The molecular formula is C15H20O4. The van der Waals surface area contributed by atoms with Crippen LogP contribution in [0.15, 0.2) is 0 Å². The second-order valence-corrected chi connectivity index (χ2v) is 5.14. The normalized spacial score (nSPS) is 18.7. The predicted octanol–water partition coefficient (Wildman–Crippen LogP) is 2.40. The molecule has 4 nitrogen and oxygen atoms in total. The van der Waals surface area contributed by atoms with Gasteiger partial charge in [-0.3, -0.25) is 0 Å². The Morgan fingerprint density at radius 3 is 2.32 bits per heavy atom. The molecule has 2 aliphatic heterocycles. The number of methoxy groups -OCH3 is 1. The molecule has 0 bridgehead atoms. The number of ether oxygens (including phenoxy) is 3. The van der Waals surface area contributed by atoms with Gasteiger partial charge in [0.25, 0.3) is 0 Å². The zero-order valence-corrected chi connectivity index (χ0v) is 11.5. The van der Waals surface area contributed by atoms with Gasteiger partial charge in [0.15, 0.2) is 11.5 Å². The number of hydrogen-bond donors (Lipinski definition) is 1. The van der Waals surface area contributed by atoms with Gasteiger partial charge in [-0.25, -0.2) is 0 Å². The van der Waals surface area contributed by atoms with Crippen LogP contribution in [0.2, 0.25) is 0 Å². The summed E-state index contributed by atoms with van der Waals surface area (Å²) in [4.78, 5) is 0. The van der Waals surface area contributed by atoms with E-state index in [1.54, 1.807) is 14.0 Å². The summed E-state index contributed by atoms with van der Waals surface area (Å²) in [6, 6.07) is 0. The summed E-state index contributed by atoms with van der Waals surface area (Å²) in [5.41, 5.74) is 2.99. The van der Waals surface area contributed by atoms with E-state index >= 15 is 0 Å². The number of aliphatic hydroxyl groups excluding tert-OH is 1. The van der Waals surface area contributed by atoms with Gasteiger partial charge in [-0.1, -0.05) is 0 Å². The van der Waals surface area contributed by atoms with Gasteiger partial charge in [-0.05, 0) is 32.6 Å². The number of aliphatic hydroxyl groups is 1. The average molecular weight is 264 g/mol. The van der Waals surface area contributed by atoms with Crippen molar-refractivity contribution in [3.8, 4) is 17.2 Å². The standard InChI is InChI=1S/C15H20O4/c1-9(16)12-10-5-3-8-19-15(10)14(17-2)11-6-4-7-18-13(11)12/h9,16H,3-8H2,1-2H3. The second kappa shape index (κ2) is 4.93. The van der Waals surface area contributed by atoms with E-state index in [2.05, 4.69) is 0 Å². The summed E-state index contributed by atoms with van der Waals surface area (Å²) in [5.74, 6) is 2.44. The molecule has 0 aliphatic carbocycles. The van der Waals surface area contributed by atoms with Crippen LogP contribution in [-0.4, -0.2) is 25.4 Å². The number of benzene rings is 1. The van der Waals surface area contributed by atoms with Crippen molar-refractivity contribution >= 4 is 0 Å². The van der Waals surface area contributed by atoms with Crippen LogP contribution in [0.3, 0.4) is 0 Å².